The molecular weight excluding hydrogens is 148 g/mol. The second-order valence-electron chi connectivity index (χ2n) is 2.76. The summed E-state index contributed by atoms with van der Waals surface area (Å²) >= 11 is 1.80. The standard InChI is InChI=1S/C6H10N2OS/c9-5-6(1-2-7-5)3-10-4-8-6/h8H,1-4H2,(H,7,9). The number of amides is 1. The fraction of sp³-hybridized carbons (Fsp3) is 0.833. The topological polar surface area (TPSA) is 41.1 Å². The molecule has 2 saturated heterocycles. The average Bonchev–Trinajstić information content (AvgIpc) is 2.48. The molecule has 0 aromatic rings. The number of carbonyl (C=O) groups excluding carboxylic acids is 1. The molecule has 56 valence electrons. The van der Waals surface area contributed by atoms with Crippen LogP contribution in [0.3, 0.4) is 0 Å². The van der Waals surface area contributed by atoms with E-state index < -0.39 is 0 Å². The second kappa shape index (κ2) is 2.13. The molecule has 0 aromatic carbocycles. The van der Waals surface area contributed by atoms with Gasteiger partial charge in [0.1, 0.15) is 5.54 Å². The maximum Gasteiger partial charge on any atom is 0.241 e. The Morgan fingerprint density at radius 3 is 3.00 bits per heavy atom. The number of thioether (sulfide) groups is 1. The first-order valence-corrected chi connectivity index (χ1v) is 4.60. The molecule has 2 rings (SSSR count). The minimum Gasteiger partial charge on any atom is -0.354 e. The summed E-state index contributed by atoms with van der Waals surface area (Å²) in [7, 11) is 0. The molecule has 10 heavy (non-hydrogen) atoms. The number of hydrogen-bond donors (Lipinski definition) is 2. The van der Waals surface area contributed by atoms with Crippen LogP contribution in [0.2, 0.25) is 0 Å². The Kier molecular flexibility index (Phi) is 1.38. The molecule has 0 bridgehead atoms. The third-order valence-corrected chi connectivity index (χ3v) is 3.18. The van der Waals surface area contributed by atoms with Gasteiger partial charge < -0.3 is 5.32 Å². The SMILES string of the molecule is O=C1NCCC12CSCN2. The molecule has 2 fully saturated rings. The van der Waals surface area contributed by atoms with Gasteiger partial charge in [0.05, 0.1) is 0 Å². The van der Waals surface area contributed by atoms with Crippen LogP contribution < -0.4 is 10.6 Å². The lowest BCUT2D eigenvalue weighted by atomic mass is 10.0. The molecule has 1 amide bonds. The lowest BCUT2D eigenvalue weighted by Gasteiger charge is -2.17. The highest BCUT2D eigenvalue weighted by atomic mass is 32.2. The van der Waals surface area contributed by atoms with Crippen LogP contribution >= 0.6 is 11.8 Å². The van der Waals surface area contributed by atoms with Crippen molar-refractivity contribution >= 4 is 17.7 Å². The molecule has 1 spiro atoms. The Morgan fingerprint density at radius 1 is 1.60 bits per heavy atom. The van der Waals surface area contributed by atoms with Gasteiger partial charge in [-0.2, -0.15) is 0 Å². The van der Waals surface area contributed by atoms with Crippen molar-refractivity contribution in [3.05, 3.63) is 0 Å². The Hall–Kier alpha value is -0.220. The first-order valence-electron chi connectivity index (χ1n) is 3.45. The Bertz CT molecular complexity index is 160. The highest BCUT2D eigenvalue weighted by Gasteiger charge is 2.44. The van der Waals surface area contributed by atoms with Crippen molar-refractivity contribution in [1.29, 1.82) is 0 Å². The maximum atomic E-state index is 11.2. The molecule has 4 heteroatoms. The van der Waals surface area contributed by atoms with Crippen molar-refractivity contribution in [3.8, 4) is 0 Å². The van der Waals surface area contributed by atoms with Crippen molar-refractivity contribution in [2.24, 2.45) is 0 Å². The van der Waals surface area contributed by atoms with Crippen LogP contribution in [0, 0.1) is 0 Å². The van der Waals surface area contributed by atoms with Crippen LogP contribution in [0.4, 0.5) is 0 Å². The van der Waals surface area contributed by atoms with E-state index in [1.54, 1.807) is 11.8 Å². The van der Waals surface area contributed by atoms with E-state index in [0.29, 0.717) is 0 Å². The minimum absolute atomic E-state index is 0.190. The van der Waals surface area contributed by atoms with Crippen molar-refractivity contribution in [1.82, 2.24) is 10.6 Å². The highest BCUT2D eigenvalue weighted by molar-refractivity contribution is 7.99. The van der Waals surface area contributed by atoms with Gasteiger partial charge in [-0.1, -0.05) is 0 Å². The number of hydrogen-bond acceptors (Lipinski definition) is 3. The zero-order chi connectivity index (χ0) is 7.03. The summed E-state index contributed by atoms with van der Waals surface area (Å²) in [4.78, 5) is 11.2. The Balaban J connectivity index is 2.19. The van der Waals surface area contributed by atoms with Crippen LogP contribution in [0.25, 0.3) is 0 Å². The van der Waals surface area contributed by atoms with E-state index in [1.165, 1.54) is 0 Å². The predicted molar refractivity (Wildman–Crippen MR) is 40.8 cm³/mol. The lowest BCUT2D eigenvalue weighted by Crippen LogP contribution is -2.48. The molecule has 0 radical (unpaired) electrons. The summed E-state index contributed by atoms with van der Waals surface area (Å²) < 4.78 is 0. The highest BCUT2D eigenvalue weighted by Crippen LogP contribution is 2.26. The monoisotopic (exact) mass is 158 g/mol. The molecular formula is C6H10N2OS. The van der Waals surface area contributed by atoms with Gasteiger partial charge >= 0.3 is 0 Å². The molecule has 2 N–H and O–H groups in total. The number of carbonyl (C=O) groups is 1. The number of nitrogens with one attached hydrogen (secondary N) is 2. The van der Waals surface area contributed by atoms with E-state index >= 15 is 0 Å². The molecule has 0 aliphatic carbocycles. The first kappa shape index (κ1) is 6.49. The van der Waals surface area contributed by atoms with Gasteiger partial charge in [0, 0.05) is 18.2 Å². The molecule has 1 unspecified atom stereocenters. The Morgan fingerprint density at radius 2 is 2.50 bits per heavy atom. The summed E-state index contributed by atoms with van der Waals surface area (Å²) in [5.74, 6) is 2.06. The normalized spacial score (nSPS) is 39.0. The van der Waals surface area contributed by atoms with E-state index in [-0.39, 0.29) is 11.4 Å². The van der Waals surface area contributed by atoms with E-state index in [1.807, 2.05) is 0 Å². The molecule has 2 heterocycles. The largest absolute Gasteiger partial charge is 0.354 e. The lowest BCUT2D eigenvalue weighted by molar-refractivity contribution is -0.123. The second-order valence-corrected chi connectivity index (χ2v) is 3.74. The van der Waals surface area contributed by atoms with Crippen LogP contribution in [-0.4, -0.2) is 29.6 Å². The quantitative estimate of drug-likeness (QED) is 0.501. The van der Waals surface area contributed by atoms with Crippen LogP contribution in [-0.2, 0) is 4.79 Å². The zero-order valence-corrected chi connectivity index (χ0v) is 6.46. The molecule has 0 saturated carbocycles. The predicted octanol–water partition coefficient (Wildman–Crippen LogP) is -0.461. The van der Waals surface area contributed by atoms with Crippen LogP contribution in [0.1, 0.15) is 6.42 Å². The third-order valence-electron chi connectivity index (χ3n) is 2.13. The van der Waals surface area contributed by atoms with E-state index in [0.717, 1.165) is 24.6 Å². The van der Waals surface area contributed by atoms with Gasteiger partial charge in [-0.25, -0.2) is 0 Å². The summed E-state index contributed by atoms with van der Waals surface area (Å²) in [6, 6.07) is 0. The Labute approximate surface area is 63.9 Å². The molecule has 1 atom stereocenters. The fourth-order valence-corrected chi connectivity index (χ4v) is 2.65. The third kappa shape index (κ3) is 0.754. The maximum absolute atomic E-state index is 11.2. The summed E-state index contributed by atoms with van der Waals surface area (Å²) in [5.41, 5.74) is -0.190. The average molecular weight is 158 g/mol. The summed E-state index contributed by atoms with van der Waals surface area (Å²) in [5, 5.41) is 6.07. The van der Waals surface area contributed by atoms with Gasteiger partial charge in [0.25, 0.3) is 0 Å². The van der Waals surface area contributed by atoms with Gasteiger partial charge in [-0.05, 0) is 6.42 Å². The van der Waals surface area contributed by atoms with E-state index in [9.17, 15) is 4.79 Å². The van der Waals surface area contributed by atoms with Gasteiger partial charge in [-0.3, -0.25) is 10.1 Å². The van der Waals surface area contributed by atoms with Gasteiger partial charge in [-0.15, -0.1) is 11.8 Å². The molecule has 0 aromatic heterocycles. The fourth-order valence-electron chi connectivity index (χ4n) is 1.44. The van der Waals surface area contributed by atoms with Crippen molar-refractivity contribution in [2.45, 2.75) is 12.0 Å². The summed E-state index contributed by atoms with van der Waals surface area (Å²) in [6.45, 7) is 0.840. The van der Waals surface area contributed by atoms with Crippen molar-refractivity contribution < 1.29 is 4.79 Å². The molecule has 2 aliphatic heterocycles. The zero-order valence-electron chi connectivity index (χ0n) is 5.64. The molecule has 2 aliphatic rings. The minimum atomic E-state index is -0.190. The van der Waals surface area contributed by atoms with Crippen molar-refractivity contribution in [2.75, 3.05) is 18.2 Å². The molecule has 3 nitrogen and oxygen atoms in total. The van der Waals surface area contributed by atoms with E-state index in [4.69, 9.17) is 0 Å². The van der Waals surface area contributed by atoms with E-state index in [2.05, 4.69) is 10.6 Å². The van der Waals surface area contributed by atoms with Gasteiger partial charge in [0.2, 0.25) is 5.91 Å². The number of rotatable bonds is 0. The van der Waals surface area contributed by atoms with Crippen molar-refractivity contribution in [3.63, 3.8) is 0 Å². The smallest absolute Gasteiger partial charge is 0.241 e. The van der Waals surface area contributed by atoms with Gasteiger partial charge in [0.15, 0.2) is 0 Å². The van der Waals surface area contributed by atoms with Crippen LogP contribution in [0.5, 0.6) is 0 Å². The first-order chi connectivity index (χ1) is 4.83. The summed E-state index contributed by atoms with van der Waals surface area (Å²) in [6.07, 6.45) is 0.957. The van der Waals surface area contributed by atoms with Crippen LogP contribution in [0.15, 0.2) is 0 Å².